The minimum atomic E-state index is -0.513. The van der Waals surface area contributed by atoms with Crippen LogP contribution in [0.2, 0.25) is 5.02 Å². The Hall–Kier alpha value is -2.27. The summed E-state index contributed by atoms with van der Waals surface area (Å²) < 4.78 is 24.2. The molecule has 2 aromatic rings. The lowest BCUT2D eigenvalue weighted by Crippen LogP contribution is -2.28. The van der Waals surface area contributed by atoms with E-state index in [1.165, 1.54) is 18.2 Å². The Morgan fingerprint density at radius 3 is 2.68 bits per heavy atom. The molecule has 0 bridgehead atoms. The monoisotopic (exact) mass is 363 g/mol. The Morgan fingerprint density at radius 1 is 1.20 bits per heavy atom. The summed E-state index contributed by atoms with van der Waals surface area (Å²) in [5.74, 6) is 0.927. The Morgan fingerprint density at radius 2 is 2.00 bits per heavy atom. The molecule has 132 valence electrons. The maximum atomic E-state index is 13.5. The molecule has 1 atom stereocenters. The first-order chi connectivity index (χ1) is 12.0. The number of amides is 1. The number of rotatable bonds is 4. The molecule has 25 heavy (non-hydrogen) atoms. The van der Waals surface area contributed by atoms with Crippen LogP contribution < -0.4 is 9.47 Å². The van der Waals surface area contributed by atoms with Crippen LogP contribution in [0.1, 0.15) is 28.3 Å². The van der Waals surface area contributed by atoms with Gasteiger partial charge in [-0.3, -0.25) is 4.79 Å². The van der Waals surface area contributed by atoms with Gasteiger partial charge < -0.3 is 14.4 Å². The SMILES string of the molecule is COc1ccc(OC)c([C@H]2CCN(C(=O)c3cc(F)cc(Cl)c3)C2)c1. The van der Waals surface area contributed by atoms with Gasteiger partial charge in [-0.2, -0.15) is 0 Å². The summed E-state index contributed by atoms with van der Waals surface area (Å²) in [4.78, 5) is 14.4. The second-order valence-electron chi connectivity index (χ2n) is 6.00. The van der Waals surface area contributed by atoms with Gasteiger partial charge in [-0.25, -0.2) is 4.39 Å². The third-order valence-corrected chi connectivity index (χ3v) is 4.68. The molecular weight excluding hydrogens is 345 g/mol. The summed E-state index contributed by atoms with van der Waals surface area (Å²) in [5.41, 5.74) is 1.28. The predicted octanol–water partition coefficient (Wildman–Crippen LogP) is 4.13. The Bertz CT molecular complexity index is 776. The fraction of sp³-hybridized carbons (Fsp3) is 0.316. The molecule has 1 amide bonds. The van der Waals surface area contributed by atoms with Crippen LogP contribution in [0, 0.1) is 5.82 Å². The molecule has 2 aromatic carbocycles. The van der Waals surface area contributed by atoms with Crippen molar-refractivity contribution in [1.29, 1.82) is 0 Å². The van der Waals surface area contributed by atoms with Gasteiger partial charge in [0.15, 0.2) is 0 Å². The van der Waals surface area contributed by atoms with E-state index in [1.54, 1.807) is 19.1 Å². The third kappa shape index (κ3) is 3.71. The number of benzene rings is 2. The second kappa shape index (κ2) is 7.31. The van der Waals surface area contributed by atoms with Crippen molar-refractivity contribution in [3.05, 3.63) is 58.4 Å². The van der Waals surface area contributed by atoms with Gasteiger partial charge in [0.1, 0.15) is 17.3 Å². The number of carbonyl (C=O) groups is 1. The van der Waals surface area contributed by atoms with E-state index in [9.17, 15) is 9.18 Å². The summed E-state index contributed by atoms with van der Waals surface area (Å²) in [6, 6.07) is 9.54. The van der Waals surface area contributed by atoms with Crippen LogP contribution in [0.25, 0.3) is 0 Å². The zero-order valence-electron chi connectivity index (χ0n) is 14.1. The van der Waals surface area contributed by atoms with Crippen molar-refractivity contribution < 1.29 is 18.7 Å². The van der Waals surface area contributed by atoms with E-state index in [0.717, 1.165) is 23.5 Å². The minimum Gasteiger partial charge on any atom is -0.497 e. The van der Waals surface area contributed by atoms with Crippen LogP contribution in [-0.4, -0.2) is 38.1 Å². The number of ether oxygens (including phenoxy) is 2. The first-order valence-corrected chi connectivity index (χ1v) is 8.37. The molecule has 1 aliphatic rings. The van der Waals surface area contributed by atoms with Crippen molar-refractivity contribution >= 4 is 17.5 Å². The van der Waals surface area contributed by atoms with Crippen molar-refractivity contribution in [3.8, 4) is 11.5 Å². The fourth-order valence-electron chi connectivity index (χ4n) is 3.22. The Kier molecular flexibility index (Phi) is 5.13. The highest BCUT2D eigenvalue weighted by Crippen LogP contribution is 2.36. The molecule has 0 spiro atoms. The summed E-state index contributed by atoms with van der Waals surface area (Å²) in [7, 11) is 3.24. The average Bonchev–Trinajstić information content (AvgIpc) is 3.09. The van der Waals surface area contributed by atoms with E-state index in [0.29, 0.717) is 13.1 Å². The molecule has 6 heteroatoms. The summed E-state index contributed by atoms with van der Waals surface area (Å²) >= 11 is 5.86. The Balaban J connectivity index is 1.81. The molecule has 0 N–H and O–H groups in total. The molecule has 3 rings (SSSR count). The number of hydrogen-bond acceptors (Lipinski definition) is 3. The number of hydrogen-bond donors (Lipinski definition) is 0. The molecule has 0 saturated carbocycles. The number of likely N-dealkylation sites (tertiary alicyclic amines) is 1. The van der Waals surface area contributed by atoms with Gasteiger partial charge in [0.25, 0.3) is 5.91 Å². The molecular formula is C19H19ClFNO3. The Labute approximate surface area is 151 Å². The molecule has 0 aliphatic carbocycles. The van der Waals surface area contributed by atoms with Gasteiger partial charge >= 0.3 is 0 Å². The zero-order chi connectivity index (χ0) is 18.0. The topological polar surface area (TPSA) is 38.8 Å². The highest BCUT2D eigenvalue weighted by atomic mass is 35.5. The van der Waals surface area contributed by atoms with Gasteiger partial charge in [0, 0.05) is 35.2 Å². The van der Waals surface area contributed by atoms with Crippen LogP contribution in [-0.2, 0) is 0 Å². The van der Waals surface area contributed by atoms with E-state index >= 15 is 0 Å². The lowest BCUT2D eigenvalue weighted by atomic mass is 9.97. The van der Waals surface area contributed by atoms with E-state index in [1.807, 2.05) is 18.2 Å². The van der Waals surface area contributed by atoms with Gasteiger partial charge in [0.05, 0.1) is 14.2 Å². The van der Waals surface area contributed by atoms with Crippen molar-refractivity contribution in [3.63, 3.8) is 0 Å². The molecule has 1 heterocycles. The van der Waals surface area contributed by atoms with Crippen LogP contribution in [0.15, 0.2) is 36.4 Å². The molecule has 0 radical (unpaired) electrons. The lowest BCUT2D eigenvalue weighted by molar-refractivity contribution is 0.0790. The summed E-state index contributed by atoms with van der Waals surface area (Å²) in [5, 5.41) is 0.216. The third-order valence-electron chi connectivity index (χ3n) is 4.46. The number of carbonyl (C=O) groups excluding carboxylic acids is 1. The molecule has 1 fully saturated rings. The van der Waals surface area contributed by atoms with Crippen molar-refractivity contribution in [2.24, 2.45) is 0 Å². The lowest BCUT2D eigenvalue weighted by Gasteiger charge is -2.18. The standard InChI is InChI=1S/C19H19ClFNO3/c1-24-16-3-4-18(25-2)17(10-16)12-5-6-22(11-12)19(23)13-7-14(20)9-15(21)8-13/h3-4,7-10,12H,5-6,11H2,1-2H3/t12-/m0/s1. The molecule has 0 unspecified atom stereocenters. The number of halogens is 2. The van der Waals surface area contributed by atoms with Crippen molar-refractivity contribution in [1.82, 2.24) is 4.90 Å². The maximum absolute atomic E-state index is 13.5. The van der Waals surface area contributed by atoms with Gasteiger partial charge in [-0.05, 0) is 42.8 Å². The zero-order valence-corrected chi connectivity index (χ0v) is 14.8. The molecule has 1 aliphatic heterocycles. The molecule has 0 aromatic heterocycles. The van der Waals surface area contributed by atoms with E-state index in [4.69, 9.17) is 21.1 Å². The normalized spacial score (nSPS) is 16.8. The van der Waals surface area contributed by atoms with Crippen LogP contribution in [0.3, 0.4) is 0 Å². The quantitative estimate of drug-likeness (QED) is 0.820. The summed E-state index contributed by atoms with van der Waals surface area (Å²) in [6.07, 6.45) is 0.804. The first-order valence-electron chi connectivity index (χ1n) is 7.99. The van der Waals surface area contributed by atoms with Crippen LogP contribution >= 0.6 is 11.6 Å². The molecule has 1 saturated heterocycles. The molecule has 4 nitrogen and oxygen atoms in total. The first kappa shape index (κ1) is 17.5. The van der Waals surface area contributed by atoms with E-state index < -0.39 is 5.82 Å². The number of methoxy groups -OCH3 is 2. The van der Waals surface area contributed by atoms with Gasteiger partial charge in [-0.1, -0.05) is 11.6 Å². The summed E-state index contributed by atoms with van der Waals surface area (Å²) in [6.45, 7) is 1.13. The van der Waals surface area contributed by atoms with Crippen LogP contribution in [0.4, 0.5) is 4.39 Å². The highest BCUT2D eigenvalue weighted by Gasteiger charge is 2.30. The van der Waals surface area contributed by atoms with Gasteiger partial charge in [-0.15, -0.1) is 0 Å². The van der Waals surface area contributed by atoms with Gasteiger partial charge in [0.2, 0.25) is 0 Å². The second-order valence-corrected chi connectivity index (χ2v) is 6.44. The van der Waals surface area contributed by atoms with E-state index in [-0.39, 0.29) is 22.4 Å². The number of nitrogens with zero attached hydrogens (tertiary/aromatic N) is 1. The van der Waals surface area contributed by atoms with Crippen molar-refractivity contribution in [2.45, 2.75) is 12.3 Å². The smallest absolute Gasteiger partial charge is 0.254 e. The van der Waals surface area contributed by atoms with E-state index in [2.05, 4.69) is 0 Å². The largest absolute Gasteiger partial charge is 0.497 e. The minimum absolute atomic E-state index is 0.137. The highest BCUT2D eigenvalue weighted by molar-refractivity contribution is 6.31. The fourth-order valence-corrected chi connectivity index (χ4v) is 3.44. The average molecular weight is 364 g/mol. The predicted molar refractivity (Wildman–Crippen MR) is 94.2 cm³/mol. The van der Waals surface area contributed by atoms with Crippen LogP contribution in [0.5, 0.6) is 11.5 Å². The van der Waals surface area contributed by atoms with Crippen molar-refractivity contribution in [2.75, 3.05) is 27.3 Å². The maximum Gasteiger partial charge on any atom is 0.254 e.